The van der Waals surface area contributed by atoms with Crippen molar-refractivity contribution in [3.63, 3.8) is 0 Å². The lowest BCUT2D eigenvalue weighted by molar-refractivity contribution is 0.00714. The molecule has 1 aliphatic rings. The van der Waals surface area contributed by atoms with Gasteiger partial charge in [-0.3, -0.25) is 0 Å². The fourth-order valence-electron chi connectivity index (χ4n) is 2.60. The monoisotopic (exact) mass is 251 g/mol. The zero-order chi connectivity index (χ0) is 13.2. The average Bonchev–Trinajstić information content (AvgIpc) is 2.76. The second-order valence-electron chi connectivity index (χ2n) is 5.96. The van der Waals surface area contributed by atoms with Crippen LogP contribution in [0.25, 0.3) is 0 Å². The van der Waals surface area contributed by atoms with E-state index in [1.54, 1.807) is 7.11 Å². The zero-order valence-electron chi connectivity index (χ0n) is 11.9. The fraction of sp³-hybridized carbons (Fsp3) is 0.786. The van der Waals surface area contributed by atoms with Crippen LogP contribution in [0, 0.1) is 0 Å². The Labute approximate surface area is 110 Å². The first kappa shape index (κ1) is 13.6. The van der Waals surface area contributed by atoms with E-state index in [2.05, 4.69) is 35.6 Å². The summed E-state index contributed by atoms with van der Waals surface area (Å²) in [6, 6.07) is 1.03. The molecule has 2 heterocycles. The Balaban J connectivity index is 2.12. The predicted molar refractivity (Wildman–Crippen MR) is 72.5 cm³/mol. The van der Waals surface area contributed by atoms with Gasteiger partial charge in [0.2, 0.25) is 0 Å². The summed E-state index contributed by atoms with van der Waals surface area (Å²) in [5.41, 5.74) is 1.13. The Morgan fingerprint density at radius 1 is 1.50 bits per heavy atom. The van der Waals surface area contributed by atoms with Gasteiger partial charge in [0.1, 0.15) is 0 Å². The molecule has 2 unspecified atom stereocenters. The molecule has 0 radical (unpaired) electrons. The van der Waals surface area contributed by atoms with Gasteiger partial charge in [-0.15, -0.1) is 0 Å². The van der Waals surface area contributed by atoms with Crippen LogP contribution in [0.4, 0.5) is 0 Å². The molecule has 0 spiro atoms. The Hall–Kier alpha value is -0.870. The number of nitrogens with zero attached hydrogens (tertiary/aromatic N) is 2. The molecule has 0 amide bonds. The summed E-state index contributed by atoms with van der Waals surface area (Å²) in [5.74, 6) is 0. The van der Waals surface area contributed by atoms with Crippen molar-refractivity contribution >= 4 is 0 Å². The number of nitrogens with one attached hydrogen (secondary N) is 1. The first-order valence-corrected chi connectivity index (χ1v) is 6.83. The van der Waals surface area contributed by atoms with Gasteiger partial charge in [0.25, 0.3) is 0 Å². The molecule has 1 aromatic heterocycles. The molecule has 2 atom stereocenters. The SMILES string of the molecule is COC(C)(C)Cn1cncc1C1CCCC(C)N1. The van der Waals surface area contributed by atoms with Crippen LogP contribution in [0.1, 0.15) is 51.8 Å². The van der Waals surface area contributed by atoms with E-state index in [0.717, 1.165) is 6.54 Å². The van der Waals surface area contributed by atoms with Gasteiger partial charge in [-0.1, -0.05) is 0 Å². The number of imidazole rings is 1. The smallest absolute Gasteiger partial charge is 0.0949 e. The van der Waals surface area contributed by atoms with Gasteiger partial charge in [-0.25, -0.2) is 4.98 Å². The minimum atomic E-state index is -0.157. The van der Waals surface area contributed by atoms with Gasteiger partial charge in [0.15, 0.2) is 0 Å². The lowest BCUT2D eigenvalue weighted by atomic mass is 9.97. The van der Waals surface area contributed by atoms with Crippen molar-refractivity contribution in [1.29, 1.82) is 0 Å². The minimum absolute atomic E-state index is 0.157. The van der Waals surface area contributed by atoms with E-state index in [4.69, 9.17) is 4.74 Å². The molecule has 4 heteroatoms. The number of rotatable bonds is 4. The van der Waals surface area contributed by atoms with Crippen LogP contribution >= 0.6 is 0 Å². The first-order valence-electron chi connectivity index (χ1n) is 6.83. The molecule has 4 nitrogen and oxygen atoms in total. The van der Waals surface area contributed by atoms with Gasteiger partial charge >= 0.3 is 0 Å². The molecule has 1 saturated heterocycles. The molecule has 0 bridgehead atoms. The number of ether oxygens (including phenoxy) is 1. The quantitative estimate of drug-likeness (QED) is 0.893. The third kappa shape index (κ3) is 3.12. The van der Waals surface area contributed by atoms with Crippen LogP contribution in [0.3, 0.4) is 0 Å². The number of piperidine rings is 1. The van der Waals surface area contributed by atoms with Crippen LogP contribution in [-0.2, 0) is 11.3 Å². The summed E-state index contributed by atoms with van der Waals surface area (Å²) in [4.78, 5) is 4.31. The summed E-state index contributed by atoms with van der Waals surface area (Å²) < 4.78 is 7.73. The van der Waals surface area contributed by atoms with Crippen molar-refractivity contribution in [2.24, 2.45) is 0 Å². The van der Waals surface area contributed by atoms with Crippen LogP contribution in [0.15, 0.2) is 12.5 Å². The number of methoxy groups -OCH3 is 1. The highest BCUT2D eigenvalue weighted by Gasteiger charge is 2.24. The molecule has 1 fully saturated rings. The second kappa shape index (κ2) is 5.41. The molecule has 0 saturated carbocycles. The molecule has 2 rings (SSSR count). The number of hydrogen-bond acceptors (Lipinski definition) is 3. The highest BCUT2D eigenvalue weighted by atomic mass is 16.5. The Bertz CT molecular complexity index is 386. The van der Waals surface area contributed by atoms with Crippen LogP contribution in [-0.4, -0.2) is 28.3 Å². The predicted octanol–water partition coefficient (Wildman–Crippen LogP) is 2.51. The summed E-state index contributed by atoms with van der Waals surface area (Å²) in [5, 5.41) is 3.66. The average molecular weight is 251 g/mol. The van der Waals surface area contributed by atoms with Crippen LogP contribution < -0.4 is 5.32 Å². The Morgan fingerprint density at radius 2 is 2.28 bits per heavy atom. The highest BCUT2D eigenvalue weighted by Crippen LogP contribution is 2.26. The largest absolute Gasteiger partial charge is 0.377 e. The molecule has 1 aromatic rings. The molecule has 1 aliphatic heterocycles. The zero-order valence-corrected chi connectivity index (χ0v) is 11.9. The number of hydrogen-bond donors (Lipinski definition) is 1. The van der Waals surface area contributed by atoms with E-state index in [9.17, 15) is 0 Å². The summed E-state index contributed by atoms with van der Waals surface area (Å²) >= 11 is 0. The van der Waals surface area contributed by atoms with Crippen molar-refractivity contribution in [3.05, 3.63) is 18.2 Å². The van der Waals surface area contributed by atoms with E-state index < -0.39 is 0 Å². The van der Waals surface area contributed by atoms with Crippen LogP contribution in [0.5, 0.6) is 0 Å². The van der Waals surface area contributed by atoms with Gasteiger partial charge in [0.05, 0.1) is 24.2 Å². The molecule has 102 valence electrons. The van der Waals surface area contributed by atoms with Gasteiger partial charge < -0.3 is 14.6 Å². The lowest BCUT2D eigenvalue weighted by Gasteiger charge is -2.31. The van der Waals surface area contributed by atoms with E-state index in [1.165, 1.54) is 25.0 Å². The lowest BCUT2D eigenvalue weighted by Crippen LogP contribution is -2.37. The molecular weight excluding hydrogens is 226 g/mol. The molecule has 0 aromatic carbocycles. The summed E-state index contributed by atoms with van der Waals surface area (Å²) in [6.45, 7) is 7.30. The third-order valence-electron chi connectivity index (χ3n) is 3.82. The molecule has 0 aliphatic carbocycles. The van der Waals surface area contributed by atoms with E-state index >= 15 is 0 Å². The fourth-order valence-corrected chi connectivity index (χ4v) is 2.60. The molecule has 1 N–H and O–H groups in total. The summed E-state index contributed by atoms with van der Waals surface area (Å²) in [7, 11) is 1.76. The topological polar surface area (TPSA) is 39.1 Å². The van der Waals surface area contributed by atoms with Crippen molar-refractivity contribution in [1.82, 2.24) is 14.9 Å². The number of aromatic nitrogens is 2. The van der Waals surface area contributed by atoms with Crippen molar-refractivity contribution in [2.75, 3.05) is 7.11 Å². The van der Waals surface area contributed by atoms with Crippen molar-refractivity contribution in [2.45, 2.75) is 64.3 Å². The highest BCUT2D eigenvalue weighted by molar-refractivity contribution is 5.07. The standard InChI is InChI=1S/C14H25N3O/c1-11-6-5-7-12(16-11)13-8-15-10-17(13)9-14(2,3)18-4/h8,10-12,16H,5-7,9H2,1-4H3. The minimum Gasteiger partial charge on any atom is -0.377 e. The van der Waals surface area contributed by atoms with Crippen LogP contribution in [0.2, 0.25) is 0 Å². The van der Waals surface area contributed by atoms with Crippen molar-refractivity contribution in [3.8, 4) is 0 Å². The Kier molecular flexibility index (Phi) is 4.07. The second-order valence-corrected chi connectivity index (χ2v) is 5.96. The van der Waals surface area contributed by atoms with Crippen molar-refractivity contribution < 1.29 is 4.74 Å². The Morgan fingerprint density at radius 3 is 2.94 bits per heavy atom. The maximum absolute atomic E-state index is 5.51. The first-order chi connectivity index (χ1) is 8.52. The van der Waals surface area contributed by atoms with E-state index in [1.807, 2.05) is 12.5 Å². The normalized spacial score (nSPS) is 25.3. The third-order valence-corrected chi connectivity index (χ3v) is 3.82. The molecular formula is C14H25N3O. The van der Waals surface area contributed by atoms with E-state index in [-0.39, 0.29) is 5.60 Å². The van der Waals surface area contributed by atoms with Gasteiger partial charge in [-0.05, 0) is 40.0 Å². The van der Waals surface area contributed by atoms with Gasteiger partial charge in [0, 0.05) is 25.4 Å². The van der Waals surface area contributed by atoms with Gasteiger partial charge in [-0.2, -0.15) is 0 Å². The summed E-state index contributed by atoms with van der Waals surface area (Å²) in [6.07, 6.45) is 7.66. The molecule has 18 heavy (non-hydrogen) atoms. The maximum Gasteiger partial charge on any atom is 0.0949 e. The maximum atomic E-state index is 5.51. The van der Waals surface area contributed by atoms with E-state index in [0.29, 0.717) is 12.1 Å².